The van der Waals surface area contributed by atoms with E-state index in [1.807, 2.05) is 19.4 Å². The third kappa shape index (κ3) is 4.50. The summed E-state index contributed by atoms with van der Waals surface area (Å²) in [6.45, 7) is 2.51. The van der Waals surface area contributed by atoms with Crippen LogP contribution >= 0.6 is 0 Å². The fourth-order valence-electron chi connectivity index (χ4n) is 4.63. The van der Waals surface area contributed by atoms with E-state index in [-0.39, 0.29) is 12.5 Å². The maximum absolute atomic E-state index is 12.9. The first-order valence-corrected chi connectivity index (χ1v) is 10.8. The first-order chi connectivity index (χ1) is 15.7. The van der Waals surface area contributed by atoms with Crippen LogP contribution in [0.3, 0.4) is 0 Å². The Morgan fingerprint density at radius 3 is 2.52 bits per heavy atom. The largest absolute Gasteiger partial charge is 0.416 e. The number of nitrogens with one attached hydrogen (secondary N) is 1. The lowest BCUT2D eigenvalue weighted by Gasteiger charge is -2.41. The summed E-state index contributed by atoms with van der Waals surface area (Å²) >= 11 is 0. The molecule has 4 heterocycles. The van der Waals surface area contributed by atoms with E-state index in [0.717, 1.165) is 50.2 Å². The number of halogens is 3. The molecule has 33 heavy (non-hydrogen) atoms. The molecule has 5 rings (SSSR count). The Labute approximate surface area is 188 Å². The zero-order chi connectivity index (χ0) is 23.2. The number of nitrogens with zero attached hydrogens (tertiary/aromatic N) is 6. The molecule has 1 spiro atoms. The molecule has 0 saturated carbocycles. The molecule has 0 unspecified atom stereocenters. The van der Waals surface area contributed by atoms with Gasteiger partial charge in [0.1, 0.15) is 12.4 Å². The highest BCUT2D eigenvalue weighted by Crippen LogP contribution is 2.32. The van der Waals surface area contributed by atoms with Crippen LogP contribution in [0.2, 0.25) is 0 Å². The van der Waals surface area contributed by atoms with Gasteiger partial charge >= 0.3 is 6.18 Å². The molecule has 0 bridgehead atoms. The third-order valence-electron chi connectivity index (χ3n) is 6.39. The Kier molecular flexibility index (Phi) is 5.23. The van der Waals surface area contributed by atoms with Gasteiger partial charge in [-0.3, -0.25) is 14.4 Å². The lowest BCUT2D eigenvalue weighted by Crippen LogP contribution is -2.55. The van der Waals surface area contributed by atoms with E-state index >= 15 is 0 Å². The van der Waals surface area contributed by atoms with Gasteiger partial charge in [-0.05, 0) is 25.0 Å². The third-order valence-corrected chi connectivity index (χ3v) is 6.39. The van der Waals surface area contributed by atoms with E-state index in [0.29, 0.717) is 23.6 Å². The minimum absolute atomic E-state index is 0.0458. The van der Waals surface area contributed by atoms with Gasteiger partial charge in [-0.1, -0.05) is 12.1 Å². The number of hydrogen-bond acceptors (Lipinski definition) is 5. The Hall–Kier alpha value is -3.21. The number of carbonyl (C=O) groups excluding carboxylic acids is 1. The van der Waals surface area contributed by atoms with Crippen LogP contribution < -0.4 is 5.32 Å². The van der Waals surface area contributed by atoms with Crippen molar-refractivity contribution in [3.63, 3.8) is 0 Å². The zero-order valence-electron chi connectivity index (χ0n) is 18.1. The molecule has 1 amide bonds. The number of hydrogen-bond donors (Lipinski definition) is 1. The van der Waals surface area contributed by atoms with Gasteiger partial charge in [0.15, 0.2) is 5.82 Å². The van der Waals surface area contributed by atoms with Crippen molar-refractivity contribution in [2.45, 2.75) is 44.1 Å². The van der Waals surface area contributed by atoms with Crippen molar-refractivity contribution in [2.75, 3.05) is 13.1 Å². The first kappa shape index (κ1) is 21.6. The summed E-state index contributed by atoms with van der Waals surface area (Å²) in [5.41, 5.74) is 0.522. The zero-order valence-corrected chi connectivity index (χ0v) is 18.1. The first-order valence-electron chi connectivity index (χ1n) is 10.8. The maximum Gasteiger partial charge on any atom is 0.416 e. The van der Waals surface area contributed by atoms with E-state index in [1.54, 1.807) is 9.36 Å². The average Bonchev–Trinajstić information content (AvgIpc) is 3.32. The Balaban J connectivity index is 1.32. The predicted molar refractivity (Wildman–Crippen MR) is 113 cm³/mol. The molecule has 0 radical (unpaired) electrons. The van der Waals surface area contributed by atoms with Crippen molar-refractivity contribution < 1.29 is 18.0 Å². The van der Waals surface area contributed by atoms with Gasteiger partial charge in [0.25, 0.3) is 0 Å². The van der Waals surface area contributed by atoms with Crippen molar-refractivity contribution >= 4 is 5.91 Å². The second-order valence-corrected chi connectivity index (χ2v) is 8.89. The summed E-state index contributed by atoms with van der Waals surface area (Å²) in [5, 5.41) is 11.8. The van der Waals surface area contributed by atoms with Crippen LogP contribution in [-0.2, 0) is 37.5 Å². The minimum atomic E-state index is -4.40. The van der Waals surface area contributed by atoms with Crippen LogP contribution in [0.15, 0.2) is 36.7 Å². The molecule has 3 aromatic rings. The second-order valence-electron chi connectivity index (χ2n) is 8.89. The van der Waals surface area contributed by atoms with Crippen LogP contribution in [0.4, 0.5) is 13.2 Å². The number of piperidine rings is 1. The Morgan fingerprint density at radius 1 is 1.15 bits per heavy atom. The number of rotatable bonds is 3. The molecule has 2 aromatic heterocycles. The van der Waals surface area contributed by atoms with Crippen LogP contribution in [-0.4, -0.2) is 54.0 Å². The number of carbonyl (C=O) groups is 1. The van der Waals surface area contributed by atoms with E-state index in [2.05, 4.69) is 25.4 Å². The summed E-state index contributed by atoms with van der Waals surface area (Å²) in [4.78, 5) is 19.6. The van der Waals surface area contributed by atoms with Gasteiger partial charge < -0.3 is 5.32 Å². The number of fused-ring (bicyclic) bond motifs is 1. The number of aromatic nitrogens is 5. The molecular formula is C22H24F3N7O. The molecule has 1 saturated heterocycles. The van der Waals surface area contributed by atoms with Crippen LogP contribution in [0.25, 0.3) is 11.4 Å². The van der Waals surface area contributed by atoms with E-state index in [1.165, 1.54) is 12.1 Å². The normalized spacial score (nSPS) is 18.7. The lowest BCUT2D eigenvalue weighted by atomic mass is 9.84. The number of likely N-dealkylation sites (tertiary alicyclic amines) is 1. The van der Waals surface area contributed by atoms with Gasteiger partial charge in [-0.15, -0.1) is 0 Å². The minimum Gasteiger partial charge on any atom is -0.349 e. The lowest BCUT2D eigenvalue weighted by molar-refractivity contribution is -0.137. The van der Waals surface area contributed by atoms with Gasteiger partial charge in [0.05, 0.1) is 11.8 Å². The summed E-state index contributed by atoms with van der Waals surface area (Å²) in [5.74, 6) is 0.875. The van der Waals surface area contributed by atoms with Crippen LogP contribution in [0, 0.1) is 0 Å². The Bertz CT molecular complexity index is 1160. The summed E-state index contributed by atoms with van der Waals surface area (Å²) < 4.78 is 41.9. The highest BCUT2D eigenvalue weighted by Gasteiger charge is 2.40. The van der Waals surface area contributed by atoms with Gasteiger partial charge in [0.2, 0.25) is 5.91 Å². The van der Waals surface area contributed by atoms with Crippen LogP contribution in [0.5, 0.6) is 0 Å². The Morgan fingerprint density at radius 2 is 1.88 bits per heavy atom. The fraction of sp³-hybridized carbons (Fsp3) is 0.455. The van der Waals surface area contributed by atoms with Crippen molar-refractivity contribution in [3.05, 3.63) is 53.6 Å². The smallest absolute Gasteiger partial charge is 0.349 e. The molecular weight excluding hydrogens is 435 g/mol. The molecule has 0 atom stereocenters. The maximum atomic E-state index is 12.9. The van der Waals surface area contributed by atoms with Gasteiger partial charge in [0, 0.05) is 56.0 Å². The highest BCUT2D eigenvalue weighted by molar-refractivity contribution is 5.77. The number of aryl methyl sites for hydroxylation is 1. The van der Waals surface area contributed by atoms with Crippen molar-refractivity contribution in [1.82, 2.24) is 34.8 Å². The topological polar surface area (TPSA) is 80.9 Å². The second kappa shape index (κ2) is 7.98. The molecule has 174 valence electrons. The molecule has 2 aliphatic heterocycles. The molecule has 0 aliphatic carbocycles. The standard InChI is InChI=1S/C22H24F3N7O/c1-30-12-15(11-26-30)13-31-8-6-21(7-9-31)10-18-27-20(29-32(18)14-19(33)28-21)16-2-4-17(5-3-16)22(23,24)25/h2-5,11-12H,6-10,13-14H2,1H3,(H,28,33). The van der Waals surface area contributed by atoms with Crippen LogP contribution in [0.1, 0.15) is 29.8 Å². The van der Waals surface area contributed by atoms with E-state index in [4.69, 9.17) is 0 Å². The highest BCUT2D eigenvalue weighted by atomic mass is 19.4. The van der Waals surface area contributed by atoms with E-state index < -0.39 is 17.3 Å². The molecule has 8 nitrogen and oxygen atoms in total. The predicted octanol–water partition coefficient (Wildman–Crippen LogP) is 2.40. The van der Waals surface area contributed by atoms with Gasteiger partial charge in [-0.25, -0.2) is 9.67 Å². The van der Waals surface area contributed by atoms with Gasteiger partial charge in [-0.2, -0.15) is 23.4 Å². The van der Waals surface area contributed by atoms with Crippen molar-refractivity contribution in [3.8, 4) is 11.4 Å². The summed E-state index contributed by atoms with van der Waals surface area (Å²) in [6.07, 6.45) is 1.57. The molecule has 11 heteroatoms. The average molecular weight is 459 g/mol. The monoisotopic (exact) mass is 459 g/mol. The SMILES string of the molecule is Cn1cc(CN2CCC3(CC2)Cc2nc(-c4ccc(C(F)(F)F)cc4)nn2CC(=O)N3)cn1. The molecule has 2 aliphatic rings. The number of amides is 1. The summed E-state index contributed by atoms with van der Waals surface area (Å²) in [7, 11) is 1.89. The van der Waals surface area contributed by atoms with Crippen molar-refractivity contribution in [1.29, 1.82) is 0 Å². The summed E-state index contributed by atoms with van der Waals surface area (Å²) in [6, 6.07) is 4.77. The number of benzene rings is 1. The van der Waals surface area contributed by atoms with E-state index in [9.17, 15) is 18.0 Å². The molecule has 1 fully saturated rings. The fourth-order valence-corrected chi connectivity index (χ4v) is 4.63. The molecule has 1 N–H and O–H groups in total. The number of alkyl halides is 3. The van der Waals surface area contributed by atoms with Crippen molar-refractivity contribution in [2.24, 2.45) is 7.05 Å². The quantitative estimate of drug-likeness (QED) is 0.651. The molecule has 1 aromatic carbocycles.